The lowest BCUT2D eigenvalue weighted by molar-refractivity contribution is 0.112. The second-order valence-corrected chi connectivity index (χ2v) is 4.04. The van der Waals surface area contributed by atoms with Gasteiger partial charge in [-0.2, -0.15) is 0 Å². The summed E-state index contributed by atoms with van der Waals surface area (Å²) in [6.07, 6.45) is 0.514. The van der Waals surface area contributed by atoms with Crippen molar-refractivity contribution in [1.82, 2.24) is 0 Å². The molecular weight excluding hydrogens is 265 g/mol. The lowest BCUT2D eigenvalue weighted by Crippen LogP contribution is -1.94. The Labute approximate surface area is 106 Å². The predicted octanol–water partition coefficient (Wildman–Crippen LogP) is 4.24. The maximum absolute atomic E-state index is 13.1. The molecule has 0 heterocycles. The van der Waals surface area contributed by atoms with E-state index in [0.717, 1.165) is 12.1 Å². The smallest absolute Gasteiger partial charge is 0.194 e. The van der Waals surface area contributed by atoms with Crippen LogP contribution in [0.25, 0.3) is 11.1 Å². The lowest BCUT2D eigenvalue weighted by Gasteiger charge is -2.07. The van der Waals surface area contributed by atoms with Gasteiger partial charge in [-0.05, 0) is 35.4 Å². The zero-order chi connectivity index (χ0) is 13.3. The lowest BCUT2D eigenvalue weighted by atomic mass is 10.00. The molecule has 0 aliphatic carbocycles. The first kappa shape index (κ1) is 12.6. The molecule has 0 bridgehead atoms. The van der Waals surface area contributed by atoms with E-state index >= 15 is 0 Å². The van der Waals surface area contributed by atoms with Crippen LogP contribution in [-0.4, -0.2) is 6.29 Å². The van der Waals surface area contributed by atoms with E-state index in [2.05, 4.69) is 0 Å². The van der Waals surface area contributed by atoms with Gasteiger partial charge in [0.15, 0.2) is 23.7 Å². The molecule has 0 saturated heterocycles. The molecule has 5 heteroatoms. The van der Waals surface area contributed by atoms with E-state index < -0.39 is 17.5 Å². The molecule has 0 saturated carbocycles. The van der Waals surface area contributed by atoms with Gasteiger partial charge in [0, 0.05) is 10.6 Å². The summed E-state index contributed by atoms with van der Waals surface area (Å²) in [5.74, 6) is -4.16. The van der Waals surface area contributed by atoms with Gasteiger partial charge in [0.1, 0.15) is 0 Å². The second-order valence-electron chi connectivity index (χ2n) is 3.60. The van der Waals surface area contributed by atoms with Crippen molar-refractivity contribution in [2.45, 2.75) is 0 Å². The molecule has 2 aromatic carbocycles. The highest BCUT2D eigenvalue weighted by atomic mass is 35.5. The molecule has 0 aromatic heterocycles. The average Bonchev–Trinajstić information content (AvgIpc) is 2.35. The number of rotatable bonds is 2. The Morgan fingerprint density at radius 3 is 2.17 bits per heavy atom. The molecular formula is C13H6ClF3O. The first-order valence-corrected chi connectivity index (χ1v) is 5.30. The van der Waals surface area contributed by atoms with Crippen LogP contribution < -0.4 is 0 Å². The van der Waals surface area contributed by atoms with Gasteiger partial charge in [-0.1, -0.05) is 17.7 Å². The molecule has 0 atom stereocenters. The fourth-order valence-corrected chi connectivity index (χ4v) is 1.79. The summed E-state index contributed by atoms with van der Waals surface area (Å²) >= 11 is 5.70. The Hall–Kier alpha value is -1.81. The van der Waals surface area contributed by atoms with E-state index in [1.807, 2.05) is 0 Å². The van der Waals surface area contributed by atoms with Crippen molar-refractivity contribution in [1.29, 1.82) is 0 Å². The molecule has 0 unspecified atom stereocenters. The minimum Gasteiger partial charge on any atom is -0.298 e. The number of benzene rings is 2. The fraction of sp³-hybridized carbons (Fsp3) is 0. The number of carbonyl (C=O) groups is 1. The van der Waals surface area contributed by atoms with Crippen LogP contribution in [0.15, 0.2) is 30.3 Å². The Kier molecular flexibility index (Phi) is 3.39. The van der Waals surface area contributed by atoms with Crippen LogP contribution in [0.4, 0.5) is 13.2 Å². The van der Waals surface area contributed by atoms with Gasteiger partial charge in [-0.15, -0.1) is 0 Å². The van der Waals surface area contributed by atoms with Crippen LogP contribution in [-0.2, 0) is 0 Å². The van der Waals surface area contributed by atoms with Gasteiger partial charge < -0.3 is 0 Å². The molecule has 0 spiro atoms. The van der Waals surface area contributed by atoms with Crippen molar-refractivity contribution >= 4 is 17.9 Å². The first-order valence-electron chi connectivity index (χ1n) is 4.92. The van der Waals surface area contributed by atoms with Crippen molar-refractivity contribution < 1.29 is 18.0 Å². The van der Waals surface area contributed by atoms with Crippen LogP contribution in [0.5, 0.6) is 0 Å². The minimum absolute atomic E-state index is 0.0742. The van der Waals surface area contributed by atoms with E-state index in [-0.39, 0.29) is 16.7 Å². The minimum atomic E-state index is -1.54. The number of hydrogen-bond acceptors (Lipinski definition) is 1. The Bertz CT molecular complexity index is 603. The Morgan fingerprint density at radius 2 is 1.61 bits per heavy atom. The van der Waals surface area contributed by atoms with Crippen molar-refractivity contribution in [3.8, 4) is 11.1 Å². The number of aldehydes is 1. The van der Waals surface area contributed by atoms with Crippen LogP contribution in [0.3, 0.4) is 0 Å². The largest absolute Gasteiger partial charge is 0.298 e. The molecule has 2 rings (SSSR count). The van der Waals surface area contributed by atoms with Crippen LogP contribution in [0.2, 0.25) is 5.02 Å². The van der Waals surface area contributed by atoms with Crippen LogP contribution in [0.1, 0.15) is 10.4 Å². The van der Waals surface area contributed by atoms with Gasteiger partial charge in [-0.25, -0.2) is 13.2 Å². The number of halogens is 4. The molecule has 0 amide bonds. The van der Waals surface area contributed by atoms with E-state index in [4.69, 9.17) is 11.6 Å². The molecule has 18 heavy (non-hydrogen) atoms. The summed E-state index contributed by atoms with van der Waals surface area (Å²) in [6, 6.07) is 5.94. The maximum Gasteiger partial charge on any atom is 0.194 e. The molecule has 0 aliphatic heterocycles. The maximum atomic E-state index is 13.1. The van der Waals surface area contributed by atoms with E-state index in [1.165, 1.54) is 18.2 Å². The van der Waals surface area contributed by atoms with E-state index in [0.29, 0.717) is 11.3 Å². The Balaban J connectivity index is 2.65. The summed E-state index contributed by atoms with van der Waals surface area (Å²) < 4.78 is 39.1. The van der Waals surface area contributed by atoms with Crippen LogP contribution >= 0.6 is 11.6 Å². The third-order valence-electron chi connectivity index (χ3n) is 2.44. The summed E-state index contributed by atoms with van der Waals surface area (Å²) in [5.41, 5.74) is 0.533. The van der Waals surface area contributed by atoms with Gasteiger partial charge in [-0.3, -0.25) is 4.79 Å². The SMILES string of the molecule is O=Cc1cc(Cl)ccc1-c1cc(F)c(F)c(F)c1. The summed E-state index contributed by atoms with van der Waals surface area (Å²) in [6.45, 7) is 0. The zero-order valence-electron chi connectivity index (χ0n) is 8.88. The third kappa shape index (κ3) is 2.24. The van der Waals surface area contributed by atoms with Gasteiger partial charge in [0.05, 0.1) is 0 Å². The van der Waals surface area contributed by atoms with Crippen molar-refractivity contribution in [2.75, 3.05) is 0 Å². The molecule has 2 aromatic rings. The number of hydrogen-bond donors (Lipinski definition) is 0. The molecule has 0 aliphatic rings. The van der Waals surface area contributed by atoms with E-state index in [1.54, 1.807) is 0 Å². The normalized spacial score (nSPS) is 10.4. The summed E-state index contributed by atoms with van der Waals surface area (Å²) in [4.78, 5) is 10.9. The van der Waals surface area contributed by atoms with Crippen molar-refractivity contribution in [2.24, 2.45) is 0 Å². The molecule has 0 fully saturated rings. The van der Waals surface area contributed by atoms with Gasteiger partial charge in [0.25, 0.3) is 0 Å². The highest BCUT2D eigenvalue weighted by Crippen LogP contribution is 2.28. The monoisotopic (exact) mass is 270 g/mol. The standard InChI is InChI=1S/C13H6ClF3O/c14-9-1-2-10(8(3-9)6-18)7-4-11(15)13(17)12(16)5-7/h1-6H. The zero-order valence-corrected chi connectivity index (χ0v) is 9.64. The molecule has 0 N–H and O–H groups in total. The highest BCUT2D eigenvalue weighted by molar-refractivity contribution is 6.31. The van der Waals surface area contributed by atoms with Crippen molar-refractivity contribution in [3.05, 3.63) is 58.4 Å². The van der Waals surface area contributed by atoms with Crippen LogP contribution in [0, 0.1) is 17.5 Å². The first-order chi connectivity index (χ1) is 8.52. The highest BCUT2D eigenvalue weighted by Gasteiger charge is 2.13. The molecule has 92 valence electrons. The van der Waals surface area contributed by atoms with Gasteiger partial charge >= 0.3 is 0 Å². The molecule has 1 nitrogen and oxygen atoms in total. The summed E-state index contributed by atoms with van der Waals surface area (Å²) in [7, 11) is 0. The topological polar surface area (TPSA) is 17.1 Å². The molecule has 0 radical (unpaired) electrons. The predicted molar refractivity (Wildman–Crippen MR) is 62.1 cm³/mol. The van der Waals surface area contributed by atoms with Gasteiger partial charge in [0.2, 0.25) is 0 Å². The fourth-order valence-electron chi connectivity index (χ4n) is 1.61. The third-order valence-corrected chi connectivity index (χ3v) is 2.67. The quantitative estimate of drug-likeness (QED) is 0.589. The summed E-state index contributed by atoms with van der Waals surface area (Å²) in [5, 5.41) is 0.323. The van der Waals surface area contributed by atoms with Crippen molar-refractivity contribution in [3.63, 3.8) is 0 Å². The Morgan fingerprint density at radius 1 is 1.00 bits per heavy atom. The van der Waals surface area contributed by atoms with E-state index in [9.17, 15) is 18.0 Å². The average molecular weight is 271 g/mol. The number of carbonyl (C=O) groups excluding carboxylic acids is 1. The second kappa shape index (κ2) is 4.82.